The van der Waals surface area contributed by atoms with Crippen molar-refractivity contribution in [1.82, 2.24) is 0 Å². The third-order valence-corrected chi connectivity index (χ3v) is 10.1. The first-order valence-corrected chi connectivity index (χ1v) is 9.99. The van der Waals surface area contributed by atoms with Crippen molar-refractivity contribution in [3.05, 3.63) is 30.3 Å². The summed E-state index contributed by atoms with van der Waals surface area (Å²) in [5, 5.41) is -0.134. The van der Waals surface area contributed by atoms with Crippen LogP contribution >= 0.6 is 7.04 Å². The molecule has 0 aliphatic heterocycles. The highest BCUT2D eigenvalue weighted by molar-refractivity contribution is 7.80. The molecule has 3 nitrogen and oxygen atoms in total. The van der Waals surface area contributed by atoms with Gasteiger partial charge in [-0.25, -0.2) is 4.79 Å². The predicted octanol–water partition coefficient (Wildman–Crippen LogP) is 5.02. The van der Waals surface area contributed by atoms with Crippen molar-refractivity contribution < 1.29 is 9.53 Å². The lowest BCUT2D eigenvalue weighted by molar-refractivity contribution is -0.134. The molecule has 0 N–H and O–H groups in total. The maximum absolute atomic E-state index is 12.4. The Balaban J connectivity index is 3.68. The summed E-state index contributed by atoms with van der Waals surface area (Å²) in [6, 6.07) is 10.3. The molecule has 0 spiro atoms. The maximum Gasteiger partial charge on any atom is 0.332 e. The van der Waals surface area contributed by atoms with E-state index in [1.54, 1.807) is 0 Å². The van der Waals surface area contributed by atoms with Gasteiger partial charge in [-0.05, 0) is 36.4 Å². The summed E-state index contributed by atoms with van der Waals surface area (Å²) >= 11 is 0. The molecule has 1 aromatic carbocycles. The van der Waals surface area contributed by atoms with E-state index in [0.29, 0.717) is 6.61 Å². The van der Waals surface area contributed by atoms with Gasteiger partial charge in [-0.3, -0.25) is 0 Å². The van der Waals surface area contributed by atoms with Crippen molar-refractivity contribution >= 4 is 24.5 Å². The highest BCUT2D eigenvalue weighted by Crippen LogP contribution is 2.70. The summed E-state index contributed by atoms with van der Waals surface area (Å²) < 4.78 is 7.60. The Morgan fingerprint density at radius 2 is 1.57 bits per heavy atom. The molecule has 0 aromatic heterocycles. The fourth-order valence-corrected chi connectivity index (χ4v) is 9.18. The van der Waals surface area contributed by atoms with E-state index in [2.05, 4.69) is 65.4 Å². The highest BCUT2D eigenvalue weighted by atomic mass is 31.2. The second kappa shape index (κ2) is 7.13. The van der Waals surface area contributed by atoms with E-state index in [9.17, 15) is 4.79 Å². The summed E-state index contributed by atoms with van der Waals surface area (Å²) in [6.45, 7) is 15.6. The molecule has 0 heterocycles. The topological polar surface area (TPSA) is 29.5 Å². The molecule has 0 radical (unpaired) electrons. The van der Waals surface area contributed by atoms with Gasteiger partial charge in [0.05, 0.1) is 6.61 Å². The van der Waals surface area contributed by atoms with Crippen molar-refractivity contribution in [2.45, 2.75) is 58.8 Å². The van der Waals surface area contributed by atoms with Crippen molar-refractivity contribution in [2.75, 3.05) is 18.3 Å². The van der Waals surface area contributed by atoms with Crippen LogP contribution < -0.4 is 4.67 Å². The van der Waals surface area contributed by atoms with Crippen LogP contribution in [0.4, 0.5) is 5.69 Å². The third kappa shape index (κ3) is 4.01. The zero-order valence-corrected chi connectivity index (χ0v) is 16.8. The van der Waals surface area contributed by atoms with E-state index in [4.69, 9.17) is 4.74 Å². The van der Waals surface area contributed by atoms with E-state index < -0.39 is 7.04 Å². The van der Waals surface area contributed by atoms with Crippen LogP contribution in [0.5, 0.6) is 0 Å². The average Bonchev–Trinajstić information content (AvgIpc) is 2.42. The number of nitrogens with zero attached hydrogens (tertiary/aromatic N) is 1. The molecule has 1 aromatic rings. The SMILES string of the molecule is CCOC(=O)C=P(N(C)c1ccccc1)(C(C)(C)C)C(C)(C)C. The van der Waals surface area contributed by atoms with Gasteiger partial charge in [-0.2, -0.15) is 0 Å². The Morgan fingerprint density at radius 1 is 1.09 bits per heavy atom. The Kier molecular flexibility index (Phi) is 6.15. The van der Waals surface area contributed by atoms with Crippen molar-refractivity contribution in [3.63, 3.8) is 0 Å². The van der Waals surface area contributed by atoms with Gasteiger partial charge >= 0.3 is 5.97 Å². The third-order valence-electron chi connectivity index (χ3n) is 4.23. The largest absolute Gasteiger partial charge is 0.463 e. The molecule has 0 unspecified atom stereocenters. The molecular weight excluding hydrogens is 305 g/mol. The van der Waals surface area contributed by atoms with Crippen molar-refractivity contribution in [2.24, 2.45) is 0 Å². The Labute approximate surface area is 142 Å². The molecule has 4 heteroatoms. The van der Waals surface area contributed by atoms with Crippen LogP contribution in [0.2, 0.25) is 0 Å². The zero-order valence-electron chi connectivity index (χ0n) is 15.9. The first kappa shape index (κ1) is 19.8. The van der Waals surface area contributed by atoms with Crippen LogP contribution in [0.25, 0.3) is 0 Å². The minimum absolute atomic E-state index is 0.0669. The number of esters is 1. The number of hydrogen-bond donors (Lipinski definition) is 0. The minimum atomic E-state index is -2.03. The number of ether oxygens (including phenoxy) is 1. The lowest BCUT2D eigenvalue weighted by atomic mass is 10.2. The minimum Gasteiger partial charge on any atom is -0.463 e. The van der Waals surface area contributed by atoms with Crippen molar-refractivity contribution in [1.29, 1.82) is 0 Å². The molecule has 130 valence electrons. The van der Waals surface area contributed by atoms with Gasteiger partial charge in [-0.15, -0.1) is 0 Å². The smallest absolute Gasteiger partial charge is 0.332 e. The number of rotatable bonds is 4. The second-order valence-corrected chi connectivity index (χ2v) is 12.7. The fourth-order valence-electron chi connectivity index (χ4n) is 3.54. The molecular formula is C19H32NO2P. The summed E-state index contributed by atoms with van der Waals surface area (Å²) in [4.78, 5) is 12.4. The van der Waals surface area contributed by atoms with Gasteiger partial charge in [0.1, 0.15) is 0 Å². The molecule has 0 fully saturated rings. The summed E-state index contributed by atoms with van der Waals surface area (Å²) in [5.41, 5.74) is 1.13. The molecule has 0 bridgehead atoms. The maximum atomic E-state index is 12.4. The average molecular weight is 337 g/mol. The molecule has 0 aliphatic rings. The van der Waals surface area contributed by atoms with Crippen LogP contribution in [0.1, 0.15) is 48.5 Å². The standard InChI is InChI=1S/C19H32NO2P/c1-9-22-17(21)15-23(18(2,3)4,19(5,6)7)20(8)16-13-11-10-12-14-16/h10-15H,9H2,1-8H3. The Bertz CT molecular complexity index is 562. The Morgan fingerprint density at radius 3 is 1.96 bits per heavy atom. The number of benzene rings is 1. The van der Waals surface area contributed by atoms with Crippen LogP contribution in [0, 0.1) is 0 Å². The predicted molar refractivity (Wildman–Crippen MR) is 104 cm³/mol. The lowest BCUT2D eigenvalue weighted by Crippen LogP contribution is -2.40. The monoisotopic (exact) mass is 337 g/mol. The fraction of sp³-hybridized carbons (Fsp3) is 0.579. The molecule has 0 saturated heterocycles. The van der Waals surface area contributed by atoms with E-state index in [1.807, 2.05) is 30.9 Å². The lowest BCUT2D eigenvalue weighted by Gasteiger charge is -2.53. The first-order valence-electron chi connectivity index (χ1n) is 8.18. The molecule has 0 aliphatic carbocycles. The van der Waals surface area contributed by atoms with Gasteiger partial charge in [-0.1, -0.05) is 59.7 Å². The van der Waals surface area contributed by atoms with Gasteiger partial charge in [0, 0.05) is 18.5 Å². The quantitative estimate of drug-likeness (QED) is 0.571. The zero-order chi connectivity index (χ0) is 17.9. The van der Waals surface area contributed by atoms with Crippen LogP contribution in [-0.2, 0) is 9.53 Å². The molecule has 1 rings (SSSR count). The van der Waals surface area contributed by atoms with Crippen LogP contribution in [0.3, 0.4) is 0 Å². The van der Waals surface area contributed by atoms with Gasteiger partial charge in [0.2, 0.25) is 0 Å². The second-order valence-electron chi connectivity index (χ2n) is 7.77. The number of hydrogen-bond acceptors (Lipinski definition) is 3. The van der Waals surface area contributed by atoms with Gasteiger partial charge in [0.25, 0.3) is 0 Å². The summed E-state index contributed by atoms with van der Waals surface area (Å²) in [6.07, 6.45) is 0. The summed E-state index contributed by atoms with van der Waals surface area (Å²) in [5.74, 6) is 1.66. The normalized spacial score (nSPS) is 12.7. The van der Waals surface area contributed by atoms with E-state index >= 15 is 0 Å². The van der Waals surface area contributed by atoms with E-state index in [-0.39, 0.29) is 16.3 Å². The number of carbonyl (C=O) groups is 1. The first-order chi connectivity index (χ1) is 10.5. The van der Waals surface area contributed by atoms with Gasteiger partial charge in [0.15, 0.2) is 0 Å². The molecule has 23 heavy (non-hydrogen) atoms. The van der Waals surface area contributed by atoms with Crippen LogP contribution in [0.15, 0.2) is 30.3 Å². The molecule has 0 atom stereocenters. The number of para-hydroxylation sites is 1. The van der Waals surface area contributed by atoms with Crippen molar-refractivity contribution in [3.8, 4) is 0 Å². The molecule has 0 saturated carbocycles. The van der Waals surface area contributed by atoms with E-state index in [0.717, 1.165) is 5.69 Å². The highest BCUT2D eigenvalue weighted by Gasteiger charge is 2.45. The molecule has 0 amide bonds. The number of anilines is 1. The number of carbonyl (C=O) groups excluding carboxylic acids is 1. The van der Waals surface area contributed by atoms with Crippen LogP contribution in [-0.4, -0.2) is 35.7 Å². The Hall–Kier alpha value is -1.21. The van der Waals surface area contributed by atoms with E-state index in [1.165, 1.54) is 0 Å². The summed E-state index contributed by atoms with van der Waals surface area (Å²) in [7, 11) is 0.0777. The van der Waals surface area contributed by atoms with Gasteiger partial charge < -0.3 is 9.41 Å².